The van der Waals surface area contributed by atoms with Gasteiger partial charge in [-0.05, 0) is 18.2 Å². The van der Waals surface area contributed by atoms with Crippen LogP contribution in [0.15, 0.2) is 36.5 Å². The van der Waals surface area contributed by atoms with Crippen molar-refractivity contribution in [2.45, 2.75) is 6.18 Å². The van der Waals surface area contributed by atoms with E-state index in [0.29, 0.717) is 6.07 Å². The first-order chi connectivity index (χ1) is 9.41. The molecule has 0 amide bonds. The topological polar surface area (TPSA) is 45.9 Å². The summed E-state index contributed by atoms with van der Waals surface area (Å²) in [5.74, 6) is -1.19. The summed E-state index contributed by atoms with van der Waals surface area (Å²) >= 11 is 0. The van der Waals surface area contributed by atoms with E-state index in [1.54, 1.807) is 0 Å². The molecule has 0 N–H and O–H groups in total. The maximum atomic E-state index is 13.0. The predicted octanol–water partition coefficient (Wildman–Crippen LogP) is 3.90. The number of rotatable bonds is 2. The summed E-state index contributed by atoms with van der Waals surface area (Å²) in [5.41, 5.74) is -1.90. The first-order valence-corrected chi connectivity index (χ1v) is 5.31. The fourth-order valence-electron chi connectivity index (χ4n) is 1.51. The predicted molar refractivity (Wildman–Crippen MR) is 60.4 cm³/mol. The minimum Gasteiger partial charge on any atom is -0.438 e. The smallest absolute Gasteiger partial charge is 0.417 e. The normalized spacial score (nSPS) is 10.9. The van der Waals surface area contributed by atoms with Crippen molar-refractivity contribution >= 4 is 0 Å². The lowest BCUT2D eigenvalue weighted by atomic mass is 10.1. The summed E-state index contributed by atoms with van der Waals surface area (Å²) in [4.78, 5) is 3.58. The Labute approximate surface area is 111 Å². The van der Waals surface area contributed by atoms with Crippen molar-refractivity contribution in [3.63, 3.8) is 0 Å². The van der Waals surface area contributed by atoms with Gasteiger partial charge in [0.2, 0.25) is 5.88 Å². The fourth-order valence-corrected chi connectivity index (χ4v) is 1.51. The molecule has 0 unspecified atom stereocenters. The highest BCUT2D eigenvalue weighted by Crippen LogP contribution is 2.35. The largest absolute Gasteiger partial charge is 0.438 e. The number of aromatic nitrogens is 1. The molecule has 0 aliphatic heterocycles. The van der Waals surface area contributed by atoms with Crippen molar-refractivity contribution in [3.8, 4) is 17.7 Å². The molecule has 0 fully saturated rings. The number of hydrogen-bond donors (Lipinski definition) is 0. The Morgan fingerprint density at radius 2 is 1.95 bits per heavy atom. The van der Waals surface area contributed by atoms with E-state index in [2.05, 4.69) is 4.98 Å². The summed E-state index contributed by atoms with van der Waals surface area (Å²) in [6.45, 7) is 0. The van der Waals surface area contributed by atoms with Crippen LogP contribution in [0.25, 0.3) is 0 Å². The number of alkyl halides is 3. The molecule has 0 radical (unpaired) electrons. The number of ether oxygens (including phenoxy) is 1. The number of nitriles is 1. The van der Waals surface area contributed by atoms with Crippen molar-refractivity contribution in [3.05, 3.63) is 53.5 Å². The molecule has 0 bridgehead atoms. The highest BCUT2D eigenvalue weighted by molar-refractivity contribution is 5.47. The van der Waals surface area contributed by atoms with Crippen LogP contribution in [-0.4, -0.2) is 4.98 Å². The third-order valence-corrected chi connectivity index (χ3v) is 2.34. The lowest BCUT2D eigenvalue weighted by Crippen LogP contribution is -2.09. The van der Waals surface area contributed by atoms with Gasteiger partial charge in [-0.3, -0.25) is 0 Å². The van der Waals surface area contributed by atoms with E-state index in [1.165, 1.54) is 18.2 Å². The minimum atomic E-state index is -4.70. The maximum Gasteiger partial charge on any atom is 0.417 e. The third kappa shape index (κ3) is 2.85. The van der Waals surface area contributed by atoms with Gasteiger partial charge in [-0.1, -0.05) is 6.07 Å². The minimum absolute atomic E-state index is 0.0478. The van der Waals surface area contributed by atoms with Crippen molar-refractivity contribution in [1.29, 1.82) is 5.26 Å². The van der Waals surface area contributed by atoms with Gasteiger partial charge in [0, 0.05) is 12.3 Å². The molecule has 3 nitrogen and oxygen atoms in total. The second-order valence-corrected chi connectivity index (χ2v) is 3.71. The van der Waals surface area contributed by atoms with Gasteiger partial charge in [0.15, 0.2) is 0 Å². The first kappa shape index (κ1) is 13.8. The molecule has 0 saturated heterocycles. The van der Waals surface area contributed by atoms with Gasteiger partial charge in [-0.2, -0.15) is 18.4 Å². The van der Waals surface area contributed by atoms with Gasteiger partial charge in [0.05, 0.1) is 5.56 Å². The molecule has 0 aliphatic rings. The van der Waals surface area contributed by atoms with Crippen LogP contribution in [0.3, 0.4) is 0 Å². The Bertz CT molecular complexity index is 677. The standard InChI is InChI=1S/C13H6F4N2O/c14-8-2-1-3-9(6-8)20-12-10(7-18)11(4-5-19-12)13(15,16)17/h1-6H. The Morgan fingerprint density at radius 1 is 1.20 bits per heavy atom. The van der Waals surface area contributed by atoms with Crippen molar-refractivity contribution in [1.82, 2.24) is 4.98 Å². The zero-order chi connectivity index (χ0) is 14.8. The number of hydrogen-bond acceptors (Lipinski definition) is 3. The van der Waals surface area contributed by atoms with E-state index in [0.717, 1.165) is 18.3 Å². The Hall–Kier alpha value is -2.62. The molecule has 0 spiro atoms. The Morgan fingerprint density at radius 3 is 2.55 bits per heavy atom. The summed E-state index contributed by atoms with van der Waals surface area (Å²) in [6.07, 6.45) is -3.83. The van der Waals surface area contributed by atoms with Crippen molar-refractivity contribution < 1.29 is 22.3 Å². The Kier molecular flexibility index (Phi) is 3.57. The van der Waals surface area contributed by atoms with Crippen LogP contribution in [0.5, 0.6) is 11.6 Å². The molecule has 2 rings (SSSR count). The second kappa shape index (κ2) is 5.17. The number of halogens is 4. The van der Waals surface area contributed by atoms with Gasteiger partial charge < -0.3 is 4.74 Å². The quantitative estimate of drug-likeness (QED) is 0.785. The van der Waals surface area contributed by atoms with E-state index >= 15 is 0 Å². The average molecular weight is 282 g/mol. The second-order valence-electron chi connectivity index (χ2n) is 3.71. The van der Waals surface area contributed by atoms with Crippen molar-refractivity contribution in [2.24, 2.45) is 0 Å². The molecule has 0 saturated carbocycles. The highest BCUT2D eigenvalue weighted by Gasteiger charge is 2.35. The average Bonchev–Trinajstić information content (AvgIpc) is 2.37. The van der Waals surface area contributed by atoms with Crippen LogP contribution < -0.4 is 4.74 Å². The molecule has 102 valence electrons. The molecular formula is C13H6F4N2O. The zero-order valence-corrected chi connectivity index (χ0v) is 9.78. The fraction of sp³-hybridized carbons (Fsp3) is 0.0769. The number of benzene rings is 1. The molecular weight excluding hydrogens is 276 g/mol. The summed E-state index contributed by atoms with van der Waals surface area (Å²) < 4.78 is 56.2. The van der Waals surface area contributed by atoms with E-state index in [-0.39, 0.29) is 5.75 Å². The summed E-state index contributed by atoms with van der Waals surface area (Å²) in [7, 11) is 0. The molecule has 20 heavy (non-hydrogen) atoms. The molecule has 0 aliphatic carbocycles. The first-order valence-electron chi connectivity index (χ1n) is 5.31. The van der Waals surface area contributed by atoms with Gasteiger partial charge in [-0.25, -0.2) is 9.37 Å². The summed E-state index contributed by atoms with van der Waals surface area (Å²) in [6, 6.07) is 6.87. The maximum absolute atomic E-state index is 13.0. The lowest BCUT2D eigenvalue weighted by Gasteiger charge is -2.11. The van der Waals surface area contributed by atoms with Crippen LogP contribution in [0.2, 0.25) is 0 Å². The van der Waals surface area contributed by atoms with Gasteiger partial charge in [0.1, 0.15) is 23.2 Å². The van der Waals surface area contributed by atoms with E-state index in [4.69, 9.17) is 10.00 Å². The van der Waals surface area contributed by atoms with Crippen molar-refractivity contribution in [2.75, 3.05) is 0 Å². The van der Waals surface area contributed by atoms with Gasteiger partial charge in [0.25, 0.3) is 0 Å². The molecule has 1 aromatic carbocycles. The zero-order valence-electron chi connectivity index (χ0n) is 9.78. The molecule has 2 aromatic rings. The molecule has 0 atom stereocenters. The van der Waals surface area contributed by atoms with Crippen LogP contribution in [0.4, 0.5) is 17.6 Å². The summed E-state index contributed by atoms with van der Waals surface area (Å²) in [5, 5.41) is 8.85. The van der Waals surface area contributed by atoms with E-state index in [1.807, 2.05) is 0 Å². The molecule has 1 aromatic heterocycles. The van der Waals surface area contributed by atoms with Gasteiger partial charge >= 0.3 is 6.18 Å². The lowest BCUT2D eigenvalue weighted by molar-refractivity contribution is -0.137. The SMILES string of the molecule is N#Cc1c(C(F)(F)F)ccnc1Oc1cccc(F)c1. The molecule has 1 heterocycles. The number of nitrogens with zero attached hydrogens (tertiary/aromatic N) is 2. The Balaban J connectivity index is 2.46. The molecule has 7 heteroatoms. The van der Waals surface area contributed by atoms with Crippen LogP contribution in [-0.2, 0) is 6.18 Å². The van der Waals surface area contributed by atoms with E-state index in [9.17, 15) is 17.6 Å². The van der Waals surface area contributed by atoms with E-state index < -0.39 is 29.0 Å². The highest BCUT2D eigenvalue weighted by atomic mass is 19.4. The van der Waals surface area contributed by atoms with Crippen LogP contribution in [0.1, 0.15) is 11.1 Å². The van der Waals surface area contributed by atoms with Crippen LogP contribution >= 0.6 is 0 Å². The third-order valence-electron chi connectivity index (χ3n) is 2.34. The number of pyridine rings is 1. The van der Waals surface area contributed by atoms with Crippen LogP contribution in [0, 0.1) is 17.1 Å². The monoisotopic (exact) mass is 282 g/mol. The van der Waals surface area contributed by atoms with Gasteiger partial charge in [-0.15, -0.1) is 0 Å².